The topological polar surface area (TPSA) is 66.5 Å². The lowest BCUT2D eigenvalue weighted by Crippen LogP contribution is -2.46. The molecule has 0 spiro atoms. The lowest BCUT2D eigenvalue weighted by atomic mass is 9.83. The molecule has 3 amide bonds. The van der Waals surface area contributed by atoms with Gasteiger partial charge in [0, 0.05) is 0 Å². The molecule has 3 rings (SSSR count). The van der Waals surface area contributed by atoms with Crippen LogP contribution in [-0.4, -0.2) is 34.7 Å². The van der Waals surface area contributed by atoms with Crippen molar-refractivity contribution in [3.8, 4) is 0 Å². The van der Waals surface area contributed by atoms with E-state index >= 15 is 0 Å². The number of imide groups is 1. The van der Waals surface area contributed by atoms with E-state index in [-0.39, 0.29) is 17.7 Å². The summed E-state index contributed by atoms with van der Waals surface area (Å²) in [6.45, 7) is 5.52. The normalized spacial score (nSPS) is 25.6. The van der Waals surface area contributed by atoms with Gasteiger partial charge in [-0.15, -0.1) is 0 Å². The molecule has 0 radical (unpaired) electrons. The van der Waals surface area contributed by atoms with Crippen LogP contribution in [0.3, 0.4) is 0 Å². The predicted octanol–water partition coefficient (Wildman–Crippen LogP) is 4.83. The number of hydrogen-bond acceptors (Lipinski definition) is 3. The second-order valence-corrected chi connectivity index (χ2v) is 8.32. The van der Waals surface area contributed by atoms with Crippen LogP contribution in [0.25, 0.3) is 0 Å². The van der Waals surface area contributed by atoms with Crippen LogP contribution in [0.2, 0.25) is 0 Å². The molecule has 5 nitrogen and oxygen atoms in total. The summed E-state index contributed by atoms with van der Waals surface area (Å²) in [6, 6.07) is -1.36. The summed E-state index contributed by atoms with van der Waals surface area (Å²) in [5, 5.41) is 2.86. The first-order chi connectivity index (χ1) is 13.1. The van der Waals surface area contributed by atoms with Gasteiger partial charge in [-0.05, 0) is 31.6 Å². The number of nitrogens with zero attached hydrogens (tertiary/aromatic N) is 1. The fourth-order valence-corrected chi connectivity index (χ4v) is 4.95. The van der Waals surface area contributed by atoms with E-state index in [0.717, 1.165) is 32.1 Å². The fourth-order valence-electron chi connectivity index (χ4n) is 4.95. The van der Waals surface area contributed by atoms with Crippen LogP contribution < -0.4 is 5.32 Å². The Labute approximate surface area is 164 Å². The van der Waals surface area contributed by atoms with Gasteiger partial charge in [0.25, 0.3) is 5.91 Å². The Kier molecular flexibility index (Phi) is 8.78. The molecule has 27 heavy (non-hydrogen) atoms. The Morgan fingerprint density at radius 1 is 0.963 bits per heavy atom. The lowest BCUT2D eigenvalue weighted by Gasteiger charge is -2.29. The molecule has 5 heteroatoms. The summed E-state index contributed by atoms with van der Waals surface area (Å²) < 4.78 is 0. The van der Waals surface area contributed by atoms with Crippen LogP contribution in [0.15, 0.2) is 0 Å². The summed E-state index contributed by atoms with van der Waals surface area (Å²) >= 11 is 0. The maximum Gasteiger partial charge on any atom is 0.325 e. The molecule has 1 N–H and O–H groups in total. The van der Waals surface area contributed by atoms with E-state index < -0.39 is 12.1 Å². The molecule has 1 heterocycles. The number of carbonyl (C=O) groups is 3. The summed E-state index contributed by atoms with van der Waals surface area (Å²) in [5.74, 6) is 0.747. The SMILES string of the molecule is CC.CC(=O)[C@H](CC1CCCCC1)N1C(=O)N[C@@H](CC2CCCCC2)C1=O. The van der Waals surface area contributed by atoms with Gasteiger partial charge >= 0.3 is 6.03 Å². The highest BCUT2D eigenvalue weighted by molar-refractivity contribution is 6.07. The molecular formula is C22H38N2O3. The van der Waals surface area contributed by atoms with Crippen molar-refractivity contribution >= 4 is 17.7 Å². The van der Waals surface area contributed by atoms with Crippen LogP contribution >= 0.6 is 0 Å². The van der Waals surface area contributed by atoms with Gasteiger partial charge in [-0.2, -0.15) is 0 Å². The lowest BCUT2D eigenvalue weighted by molar-refractivity contribution is -0.135. The van der Waals surface area contributed by atoms with Crippen LogP contribution in [0.5, 0.6) is 0 Å². The molecule has 0 aromatic carbocycles. The van der Waals surface area contributed by atoms with Crippen LogP contribution in [0.4, 0.5) is 4.79 Å². The number of hydrogen-bond donors (Lipinski definition) is 1. The molecule has 2 saturated carbocycles. The zero-order valence-corrected chi connectivity index (χ0v) is 17.5. The quantitative estimate of drug-likeness (QED) is 0.673. The molecule has 0 aromatic rings. The van der Waals surface area contributed by atoms with Gasteiger partial charge in [-0.3, -0.25) is 14.5 Å². The van der Waals surface area contributed by atoms with E-state index in [4.69, 9.17) is 0 Å². The van der Waals surface area contributed by atoms with Crippen LogP contribution in [-0.2, 0) is 9.59 Å². The standard InChI is InChI=1S/C20H32N2O3.C2H6/c1-14(23)18(13-16-10-6-3-7-11-16)22-19(24)17(21-20(22)25)12-15-8-4-2-5-9-15;1-2/h15-18H,2-13H2,1H3,(H,21,25);1-2H3/t17-,18-;/m0./s1. The van der Waals surface area contributed by atoms with Crippen molar-refractivity contribution in [3.63, 3.8) is 0 Å². The maximum absolute atomic E-state index is 12.9. The second-order valence-electron chi connectivity index (χ2n) is 8.32. The first kappa shape index (κ1) is 21.9. The van der Waals surface area contributed by atoms with Crippen molar-refractivity contribution in [2.24, 2.45) is 11.8 Å². The van der Waals surface area contributed by atoms with Gasteiger partial charge < -0.3 is 5.32 Å². The Hall–Kier alpha value is -1.39. The number of urea groups is 1. The van der Waals surface area contributed by atoms with E-state index in [9.17, 15) is 14.4 Å². The first-order valence-electron chi connectivity index (χ1n) is 11.2. The van der Waals surface area contributed by atoms with Crippen molar-refractivity contribution in [2.45, 2.75) is 110 Å². The van der Waals surface area contributed by atoms with Crippen molar-refractivity contribution in [3.05, 3.63) is 0 Å². The molecule has 1 aliphatic heterocycles. The maximum atomic E-state index is 12.9. The minimum atomic E-state index is -0.577. The third-order valence-corrected chi connectivity index (χ3v) is 6.41. The predicted molar refractivity (Wildman–Crippen MR) is 107 cm³/mol. The Morgan fingerprint density at radius 3 is 2.00 bits per heavy atom. The molecule has 2 atom stereocenters. The highest BCUT2D eigenvalue weighted by Gasteiger charge is 2.44. The molecule has 3 fully saturated rings. The Bertz CT molecular complexity index is 508. The fraction of sp³-hybridized carbons (Fsp3) is 0.864. The number of nitrogens with one attached hydrogen (secondary N) is 1. The van der Waals surface area contributed by atoms with Crippen molar-refractivity contribution in [1.29, 1.82) is 0 Å². The minimum absolute atomic E-state index is 0.0626. The van der Waals surface area contributed by atoms with Gasteiger partial charge in [-0.25, -0.2) is 4.79 Å². The monoisotopic (exact) mass is 378 g/mol. The third-order valence-electron chi connectivity index (χ3n) is 6.41. The van der Waals surface area contributed by atoms with Gasteiger partial charge in [-0.1, -0.05) is 78.1 Å². The smallest absolute Gasteiger partial charge is 0.325 e. The van der Waals surface area contributed by atoms with Gasteiger partial charge in [0.2, 0.25) is 0 Å². The van der Waals surface area contributed by atoms with E-state index in [1.54, 1.807) is 0 Å². The van der Waals surface area contributed by atoms with E-state index in [0.29, 0.717) is 18.3 Å². The largest absolute Gasteiger partial charge is 0.326 e. The number of amides is 3. The molecule has 3 aliphatic rings. The number of rotatable bonds is 6. The second kappa shape index (κ2) is 10.8. The zero-order valence-electron chi connectivity index (χ0n) is 17.5. The molecule has 0 unspecified atom stereocenters. The Balaban J connectivity index is 0.00000126. The van der Waals surface area contributed by atoms with Crippen LogP contribution in [0, 0.1) is 11.8 Å². The molecule has 2 aliphatic carbocycles. The summed E-state index contributed by atoms with van der Waals surface area (Å²) in [7, 11) is 0. The molecular weight excluding hydrogens is 340 g/mol. The first-order valence-corrected chi connectivity index (χ1v) is 11.2. The van der Waals surface area contributed by atoms with Gasteiger partial charge in [0.1, 0.15) is 6.04 Å². The van der Waals surface area contributed by atoms with E-state index in [1.807, 2.05) is 13.8 Å². The van der Waals surface area contributed by atoms with Crippen molar-refractivity contribution < 1.29 is 14.4 Å². The Morgan fingerprint density at radius 2 is 1.48 bits per heavy atom. The number of Topliss-reactive ketones (excluding diaryl/α,β-unsaturated/α-hetero) is 1. The van der Waals surface area contributed by atoms with E-state index in [2.05, 4.69) is 5.32 Å². The van der Waals surface area contributed by atoms with Gasteiger partial charge in [0.05, 0.1) is 6.04 Å². The third kappa shape index (κ3) is 5.79. The summed E-state index contributed by atoms with van der Waals surface area (Å²) in [5.41, 5.74) is 0. The number of carbonyl (C=O) groups excluding carboxylic acids is 3. The molecule has 0 bridgehead atoms. The van der Waals surface area contributed by atoms with Gasteiger partial charge in [0.15, 0.2) is 5.78 Å². The average Bonchev–Trinajstić information content (AvgIpc) is 2.96. The van der Waals surface area contributed by atoms with Crippen LogP contribution in [0.1, 0.15) is 97.8 Å². The average molecular weight is 379 g/mol. The molecule has 1 saturated heterocycles. The highest BCUT2D eigenvalue weighted by atomic mass is 16.2. The summed E-state index contributed by atoms with van der Waals surface area (Å²) in [4.78, 5) is 38.8. The van der Waals surface area contributed by atoms with E-state index in [1.165, 1.54) is 50.3 Å². The van der Waals surface area contributed by atoms with Crippen molar-refractivity contribution in [1.82, 2.24) is 10.2 Å². The highest BCUT2D eigenvalue weighted by Crippen LogP contribution is 2.32. The molecule has 0 aromatic heterocycles. The zero-order chi connectivity index (χ0) is 19.8. The summed E-state index contributed by atoms with van der Waals surface area (Å²) in [6.07, 6.45) is 13.3. The number of ketones is 1. The minimum Gasteiger partial charge on any atom is -0.326 e. The molecule has 154 valence electrons. The van der Waals surface area contributed by atoms with Crippen molar-refractivity contribution in [2.75, 3.05) is 0 Å².